The Morgan fingerprint density at radius 2 is 1.73 bits per heavy atom. The standard InChI is InChI=1S/C40H43N5O3/c1-28(46)5-12-40(47)45-20-18-44(19-21-45)27-30-8-11-34(36-26-43-38-14-17-42-25-37(36)38)39(23-30)48-22-15-29-6-9-32(10-7-29)33-4-2-3-31-13-16-41-24-35(31)33/h4,6-11,13-14,16-17,23-26,28,43,46H,2-3,5,12,15,18-22,27H2,1H3. The number of hydrogen-bond acceptors (Lipinski definition) is 6. The number of nitrogens with zero attached hydrogens (tertiary/aromatic N) is 4. The third kappa shape index (κ3) is 7.20. The number of amides is 1. The Hall–Kier alpha value is -4.79. The van der Waals surface area contributed by atoms with Gasteiger partial charge in [0.05, 0.1) is 12.7 Å². The number of allylic oxidation sites excluding steroid dienone is 1. The maximum Gasteiger partial charge on any atom is 0.222 e. The molecule has 1 atom stereocenters. The largest absolute Gasteiger partial charge is 0.493 e. The Morgan fingerprint density at radius 1 is 0.938 bits per heavy atom. The molecule has 2 aromatic carbocycles. The van der Waals surface area contributed by atoms with Crippen LogP contribution in [0, 0.1) is 0 Å². The zero-order valence-corrected chi connectivity index (χ0v) is 27.6. The number of aliphatic hydroxyl groups is 1. The number of nitrogens with one attached hydrogen (secondary N) is 1. The molecule has 1 aliphatic carbocycles. The fourth-order valence-electron chi connectivity index (χ4n) is 6.87. The van der Waals surface area contributed by atoms with Crippen molar-refractivity contribution < 1.29 is 14.6 Å². The highest BCUT2D eigenvalue weighted by molar-refractivity contribution is 5.96. The molecule has 8 heteroatoms. The molecule has 1 amide bonds. The molecule has 5 aromatic rings. The molecule has 0 spiro atoms. The highest BCUT2D eigenvalue weighted by Gasteiger charge is 2.22. The molecule has 1 saturated heterocycles. The number of carbonyl (C=O) groups is 1. The van der Waals surface area contributed by atoms with Crippen molar-refractivity contribution in [3.05, 3.63) is 119 Å². The van der Waals surface area contributed by atoms with Gasteiger partial charge in [-0.2, -0.15) is 0 Å². The number of pyridine rings is 2. The Bertz CT molecular complexity index is 1900. The first-order chi connectivity index (χ1) is 23.5. The second kappa shape index (κ2) is 14.5. The van der Waals surface area contributed by atoms with E-state index in [4.69, 9.17) is 4.74 Å². The first-order valence-electron chi connectivity index (χ1n) is 17.1. The fourth-order valence-corrected chi connectivity index (χ4v) is 6.87. The molecule has 4 heterocycles. The predicted molar refractivity (Wildman–Crippen MR) is 190 cm³/mol. The summed E-state index contributed by atoms with van der Waals surface area (Å²) in [6.45, 7) is 6.14. The summed E-state index contributed by atoms with van der Waals surface area (Å²) in [7, 11) is 0. The van der Waals surface area contributed by atoms with Crippen LogP contribution in [0.1, 0.15) is 54.0 Å². The van der Waals surface area contributed by atoms with Crippen LogP contribution in [0.15, 0.2) is 91.7 Å². The van der Waals surface area contributed by atoms with Gasteiger partial charge in [0.25, 0.3) is 0 Å². The molecule has 1 fully saturated rings. The number of aryl methyl sites for hydroxylation is 1. The summed E-state index contributed by atoms with van der Waals surface area (Å²) >= 11 is 0. The van der Waals surface area contributed by atoms with Gasteiger partial charge in [0.1, 0.15) is 5.75 Å². The van der Waals surface area contributed by atoms with Crippen LogP contribution in [0.5, 0.6) is 5.75 Å². The summed E-state index contributed by atoms with van der Waals surface area (Å²) in [5.74, 6) is 0.990. The lowest BCUT2D eigenvalue weighted by Gasteiger charge is -2.35. The molecule has 7 rings (SSSR count). The summed E-state index contributed by atoms with van der Waals surface area (Å²) in [6, 6.07) is 19.5. The summed E-state index contributed by atoms with van der Waals surface area (Å²) in [4.78, 5) is 29.0. The van der Waals surface area contributed by atoms with Gasteiger partial charge in [0.2, 0.25) is 5.91 Å². The number of aromatic amines is 1. The molecule has 2 N–H and O–H groups in total. The number of aliphatic hydroxyl groups excluding tert-OH is 1. The normalized spacial score (nSPS) is 15.6. The molecule has 0 radical (unpaired) electrons. The van der Waals surface area contributed by atoms with Crippen LogP contribution >= 0.6 is 0 Å². The van der Waals surface area contributed by atoms with Crippen LogP contribution in [-0.4, -0.2) is 74.7 Å². The van der Waals surface area contributed by atoms with Crippen LogP contribution in [0.3, 0.4) is 0 Å². The first kappa shape index (κ1) is 31.8. The smallest absolute Gasteiger partial charge is 0.222 e. The topological polar surface area (TPSA) is 94.6 Å². The second-order valence-electron chi connectivity index (χ2n) is 13.0. The summed E-state index contributed by atoms with van der Waals surface area (Å²) in [5, 5.41) is 10.6. The minimum atomic E-state index is -0.448. The molecule has 246 valence electrons. The lowest BCUT2D eigenvalue weighted by Crippen LogP contribution is -2.48. The third-order valence-corrected chi connectivity index (χ3v) is 9.60. The van der Waals surface area contributed by atoms with Gasteiger partial charge in [-0.05, 0) is 72.2 Å². The van der Waals surface area contributed by atoms with E-state index in [2.05, 4.69) is 74.5 Å². The van der Waals surface area contributed by atoms with E-state index in [9.17, 15) is 9.90 Å². The van der Waals surface area contributed by atoms with Crippen molar-refractivity contribution in [2.24, 2.45) is 0 Å². The van der Waals surface area contributed by atoms with Gasteiger partial charge in [-0.25, -0.2) is 0 Å². The summed E-state index contributed by atoms with van der Waals surface area (Å²) < 4.78 is 6.59. The van der Waals surface area contributed by atoms with E-state index in [-0.39, 0.29) is 5.91 Å². The number of H-pyrrole nitrogens is 1. The van der Waals surface area contributed by atoms with Crippen LogP contribution in [-0.2, 0) is 24.2 Å². The number of piperazine rings is 1. The maximum atomic E-state index is 12.6. The number of fused-ring (bicyclic) bond motifs is 2. The molecule has 8 nitrogen and oxygen atoms in total. The van der Waals surface area contributed by atoms with Gasteiger partial charge >= 0.3 is 0 Å². The number of benzene rings is 2. The first-order valence-corrected chi connectivity index (χ1v) is 17.1. The van der Waals surface area contributed by atoms with E-state index in [1.54, 1.807) is 13.1 Å². The van der Waals surface area contributed by atoms with E-state index in [1.165, 1.54) is 33.4 Å². The van der Waals surface area contributed by atoms with Crippen LogP contribution in [0.2, 0.25) is 0 Å². The van der Waals surface area contributed by atoms with Gasteiger partial charge in [0, 0.05) is 104 Å². The molecule has 48 heavy (non-hydrogen) atoms. The zero-order chi connectivity index (χ0) is 32.9. The van der Waals surface area contributed by atoms with Gasteiger partial charge < -0.3 is 19.7 Å². The van der Waals surface area contributed by atoms with Crippen molar-refractivity contribution in [2.45, 2.75) is 51.7 Å². The van der Waals surface area contributed by atoms with Crippen molar-refractivity contribution in [3.63, 3.8) is 0 Å². The lowest BCUT2D eigenvalue weighted by molar-refractivity contribution is -0.133. The maximum absolute atomic E-state index is 12.6. The molecular weight excluding hydrogens is 598 g/mol. The van der Waals surface area contributed by atoms with Crippen molar-refractivity contribution in [1.29, 1.82) is 0 Å². The highest BCUT2D eigenvalue weighted by Crippen LogP contribution is 2.36. The zero-order valence-electron chi connectivity index (χ0n) is 27.6. The van der Waals surface area contributed by atoms with E-state index in [0.717, 1.165) is 66.7 Å². The van der Waals surface area contributed by atoms with Crippen molar-refractivity contribution in [1.82, 2.24) is 24.8 Å². The number of aromatic nitrogens is 3. The minimum absolute atomic E-state index is 0.132. The Morgan fingerprint density at radius 3 is 2.56 bits per heavy atom. The van der Waals surface area contributed by atoms with Crippen LogP contribution in [0.4, 0.5) is 0 Å². The molecular formula is C40H43N5O3. The molecule has 0 saturated carbocycles. The predicted octanol–water partition coefficient (Wildman–Crippen LogP) is 6.43. The van der Waals surface area contributed by atoms with Crippen molar-refractivity contribution >= 4 is 22.4 Å². The third-order valence-electron chi connectivity index (χ3n) is 9.60. The van der Waals surface area contributed by atoms with E-state index >= 15 is 0 Å². The van der Waals surface area contributed by atoms with Crippen molar-refractivity contribution in [3.8, 4) is 16.9 Å². The number of rotatable bonds is 11. The monoisotopic (exact) mass is 641 g/mol. The van der Waals surface area contributed by atoms with E-state index < -0.39 is 6.10 Å². The van der Waals surface area contributed by atoms with E-state index in [1.807, 2.05) is 35.8 Å². The fraction of sp³-hybridized carbons (Fsp3) is 0.325. The van der Waals surface area contributed by atoms with Gasteiger partial charge in [-0.15, -0.1) is 0 Å². The summed E-state index contributed by atoms with van der Waals surface area (Å²) in [6.07, 6.45) is 15.3. The van der Waals surface area contributed by atoms with Gasteiger partial charge in [-0.1, -0.05) is 42.5 Å². The van der Waals surface area contributed by atoms with Crippen molar-refractivity contribution in [2.75, 3.05) is 32.8 Å². The molecule has 3 aromatic heterocycles. The second-order valence-corrected chi connectivity index (χ2v) is 13.0. The molecule has 0 bridgehead atoms. The average molecular weight is 642 g/mol. The highest BCUT2D eigenvalue weighted by atomic mass is 16.5. The van der Waals surface area contributed by atoms with Crippen LogP contribution in [0.25, 0.3) is 27.6 Å². The van der Waals surface area contributed by atoms with E-state index in [0.29, 0.717) is 32.5 Å². The quantitative estimate of drug-likeness (QED) is 0.173. The van der Waals surface area contributed by atoms with Crippen LogP contribution < -0.4 is 4.74 Å². The van der Waals surface area contributed by atoms with Gasteiger partial charge in [0.15, 0.2) is 0 Å². The summed E-state index contributed by atoms with van der Waals surface area (Å²) in [5.41, 5.74) is 10.7. The molecule has 1 aliphatic heterocycles. The molecule has 1 unspecified atom stereocenters. The number of carbonyl (C=O) groups excluding carboxylic acids is 1. The lowest BCUT2D eigenvalue weighted by atomic mass is 9.88. The average Bonchev–Trinajstić information content (AvgIpc) is 3.55. The number of hydrogen-bond donors (Lipinski definition) is 2. The van der Waals surface area contributed by atoms with Gasteiger partial charge in [-0.3, -0.25) is 19.7 Å². The SMILES string of the molecule is CC(O)CCC(=O)N1CCN(Cc2ccc(-c3c[nH]c4ccncc34)c(OCCc3ccc(C4=CCCc5ccncc54)cc3)c2)CC1. The minimum Gasteiger partial charge on any atom is -0.493 e. The Balaban J connectivity index is 1.04. The Kier molecular flexibility index (Phi) is 9.63. The molecule has 2 aliphatic rings. The number of ether oxygens (including phenoxy) is 1. The Labute approximate surface area is 282 Å².